The molecule has 1 aromatic carbocycles. The van der Waals surface area contributed by atoms with E-state index in [-0.39, 0.29) is 12.1 Å². The van der Waals surface area contributed by atoms with Crippen LogP contribution in [0.3, 0.4) is 0 Å². The molecule has 0 bridgehead atoms. The first-order chi connectivity index (χ1) is 6.75. The van der Waals surface area contributed by atoms with Crippen LogP contribution >= 0.6 is 0 Å². The van der Waals surface area contributed by atoms with E-state index in [2.05, 4.69) is 12.2 Å². The van der Waals surface area contributed by atoms with Gasteiger partial charge in [0, 0.05) is 0 Å². The summed E-state index contributed by atoms with van der Waals surface area (Å²) in [5.74, 6) is 0. The van der Waals surface area contributed by atoms with Crippen LogP contribution in [-0.4, -0.2) is 17.8 Å². The van der Waals surface area contributed by atoms with Crippen molar-refractivity contribution in [3.05, 3.63) is 35.9 Å². The third-order valence-corrected chi connectivity index (χ3v) is 2.26. The lowest BCUT2D eigenvalue weighted by molar-refractivity contribution is 0.145. The van der Waals surface area contributed by atoms with Crippen LogP contribution in [-0.2, 0) is 0 Å². The molecule has 0 aliphatic carbocycles. The van der Waals surface area contributed by atoms with Crippen LogP contribution in [0.1, 0.15) is 31.9 Å². The van der Waals surface area contributed by atoms with Crippen LogP contribution in [0.25, 0.3) is 0 Å². The standard InChI is InChI=1S/C12H19NO/c1-3-9-13-12(10(2)14)11-7-5-4-6-8-11/h4-8,10,12-14H,3,9H2,1-2H3. The number of aliphatic hydroxyl groups excluding tert-OH is 1. The zero-order valence-electron chi connectivity index (χ0n) is 8.90. The van der Waals surface area contributed by atoms with E-state index in [1.54, 1.807) is 0 Å². The van der Waals surface area contributed by atoms with Gasteiger partial charge in [0.2, 0.25) is 0 Å². The Labute approximate surface area is 86.0 Å². The number of nitrogens with one attached hydrogen (secondary N) is 1. The van der Waals surface area contributed by atoms with Crippen molar-refractivity contribution in [3.63, 3.8) is 0 Å². The molecule has 2 atom stereocenters. The van der Waals surface area contributed by atoms with Gasteiger partial charge in [-0.05, 0) is 25.5 Å². The summed E-state index contributed by atoms with van der Waals surface area (Å²) in [7, 11) is 0. The van der Waals surface area contributed by atoms with Gasteiger partial charge in [-0.2, -0.15) is 0 Å². The van der Waals surface area contributed by atoms with Gasteiger partial charge in [-0.3, -0.25) is 0 Å². The molecule has 2 N–H and O–H groups in total. The quantitative estimate of drug-likeness (QED) is 0.750. The highest BCUT2D eigenvalue weighted by Gasteiger charge is 2.15. The van der Waals surface area contributed by atoms with Gasteiger partial charge in [0.05, 0.1) is 12.1 Å². The molecular weight excluding hydrogens is 174 g/mol. The van der Waals surface area contributed by atoms with E-state index in [4.69, 9.17) is 0 Å². The normalized spacial score (nSPS) is 15.1. The van der Waals surface area contributed by atoms with E-state index in [0.29, 0.717) is 0 Å². The lowest BCUT2D eigenvalue weighted by Crippen LogP contribution is -2.30. The molecule has 0 aliphatic rings. The fraction of sp³-hybridized carbons (Fsp3) is 0.500. The van der Waals surface area contributed by atoms with Crippen molar-refractivity contribution in [2.75, 3.05) is 6.54 Å². The van der Waals surface area contributed by atoms with Crippen LogP contribution < -0.4 is 5.32 Å². The van der Waals surface area contributed by atoms with Crippen molar-refractivity contribution >= 4 is 0 Å². The summed E-state index contributed by atoms with van der Waals surface area (Å²) in [4.78, 5) is 0. The number of hydrogen-bond donors (Lipinski definition) is 2. The van der Waals surface area contributed by atoms with Gasteiger partial charge < -0.3 is 10.4 Å². The van der Waals surface area contributed by atoms with Gasteiger partial charge in [-0.1, -0.05) is 37.3 Å². The van der Waals surface area contributed by atoms with Crippen molar-refractivity contribution in [2.45, 2.75) is 32.4 Å². The minimum atomic E-state index is -0.357. The monoisotopic (exact) mass is 193 g/mol. The second-order valence-corrected chi connectivity index (χ2v) is 3.58. The molecular formula is C12H19NO. The molecule has 0 fully saturated rings. The van der Waals surface area contributed by atoms with Crippen LogP contribution in [0.5, 0.6) is 0 Å². The smallest absolute Gasteiger partial charge is 0.0706 e. The fourth-order valence-electron chi connectivity index (χ4n) is 1.53. The van der Waals surface area contributed by atoms with Gasteiger partial charge in [-0.25, -0.2) is 0 Å². The maximum absolute atomic E-state index is 9.63. The summed E-state index contributed by atoms with van der Waals surface area (Å²) in [5, 5.41) is 13.0. The van der Waals surface area contributed by atoms with Crippen molar-refractivity contribution in [1.29, 1.82) is 0 Å². The molecule has 2 nitrogen and oxygen atoms in total. The first-order valence-corrected chi connectivity index (χ1v) is 5.22. The fourth-order valence-corrected chi connectivity index (χ4v) is 1.53. The molecule has 1 rings (SSSR count). The molecule has 0 spiro atoms. The highest BCUT2D eigenvalue weighted by molar-refractivity contribution is 5.19. The zero-order valence-corrected chi connectivity index (χ0v) is 8.90. The molecule has 2 heteroatoms. The molecule has 0 amide bonds. The van der Waals surface area contributed by atoms with E-state index in [1.165, 1.54) is 0 Å². The van der Waals surface area contributed by atoms with Crippen molar-refractivity contribution in [2.24, 2.45) is 0 Å². The Morgan fingerprint density at radius 3 is 2.43 bits per heavy atom. The average molecular weight is 193 g/mol. The second kappa shape index (κ2) is 5.78. The minimum absolute atomic E-state index is 0.0520. The third-order valence-electron chi connectivity index (χ3n) is 2.26. The highest BCUT2D eigenvalue weighted by atomic mass is 16.3. The Bertz CT molecular complexity index is 246. The first kappa shape index (κ1) is 11.2. The van der Waals surface area contributed by atoms with Crippen molar-refractivity contribution < 1.29 is 5.11 Å². The molecule has 1 aromatic rings. The SMILES string of the molecule is CCCNC(c1ccccc1)C(C)O. The Balaban J connectivity index is 2.68. The van der Waals surface area contributed by atoms with Crippen LogP contribution in [0.4, 0.5) is 0 Å². The summed E-state index contributed by atoms with van der Waals surface area (Å²) in [6.45, 7) is 4.88. The summed E-state index contributed by atoms with van der Waals surface area (Å²) < 4.78 is 0. The predicted molar refractivity (Wildman–Crippen MR) is 59.2 cm³/mol. The zero-order chi connectivity index (χ0) is 10.4. The molecule has 0 radical (unpaired) electrons. The van der Waals surface area contributed by atoms with Gasteiger partial charge >= 0.3 is 0 Å². The number of aliphatic hydroxyl groups is 1. The molecule has 0 saturated heterocycles. The number of benzene rings is 1. The van der Waals surface area contributed by atoms with Crippen LogP contribution in [0.2, 0.25) is 0 Å². The topological polar surface area (TPSA) is 32.3 Å². The van der Waals surface area contributed by atoms with Crippen LogP contribution in [0.15, 0.2) is 30.3 Å². The Morgan fingerprint density at radius 1 is 1.29 bits per heavy atom. The maximum atomic E-state index is 9.63. The van der Waals surface area contributed by atoms with E-state index in [1.807, 2.05) is 37.3 Å². The Hall–Kier alpha value is -0.860. The van der Waals surface area contributed by atoms with Gasteiger partial charge in [0.1, 0.15) is 0 Å². The van der Waals surface area contributed by atoms with Gasteiger partial charge in [0.15, 0.2) is 0 Å². The van der Waals surface area contributed by atoms with Crippen molar-refractivity contribution in [3.8, 4) is 0 Å². The summed E-state index contributed by atoms with van der Waals surface area (Å²) >= 11 is 0. The van der Waals surface area contributed by atoms with E-state index >= 15 is 0 Å². The average Bonchev–Trinajstić information content (AvgIpc) is 2.19. The number of rotatable bonds is 5. The summed E-state index contributed by atoms with van der Waals surface area (Å²) in [6.07, 6.45) is 0.722. The summed E-state index contributed by atoms with van der Waals surface area (Å²) in [6, 6.07) is 10.1. The molecule has 2 unspecified atom stereocenters. The molecule has 78 valence electrons. The molecule has 0 heterocycles. The first-order valence-electron chi connectivity index (χ1n) is 5.22. The lowest BCUT2D eigenvalue weighted by Gasteiger charge is -2.21. The van der Waals surface area contributed by atoms with Crippen molar-refractivity contribution in [1.82, 2.24) is 5.32 Å². The maximum Gasteiger partial charge on any atom is 0.0706 e. The predicted octanol–water partition coefficient (Wildman–Crippen LogP) is 2.11. The lowest BCUT2D eigenvalue weighted by atomic mass is 10.0. The molecule has 0 aromatic heterocycles. The highest BCUT2D eigenvalue weighted by Crippen LogP contribution is 2.16. The minimum Gasteiger partial charge on any atom is -0.391 e. The van der Waals surface area contributed by atoms with E-state index < -0.39 is 0 Å². The third kappa shape index (κ3) is 3.13. The Kier molecular flexibility index (Phi) is 4.63. The van der Waals surface area contributed by atoms with E-state index in [0.717, 1.165) is 18.5 Å². The number of hydrogen-bond acceptors (Lipinski definition) is 2. The second-order valence-electron chi connectivity index (χ2n) is 3.58. The van der Waals surface area contributed by atoms with Gasteiger partial charge in [0.25, 0.3) is 0 Å². The Morgan fingerprint density at radius 2 is 1.93 bits per heavy atom. The molecule has 0 saturated carbocycles. The molecule has 0 aliphatic heterocycles. The van der Waals surface area contributed by atoms with Crippen LogP contribution in [0, 0.1) is 0 Å². The van der Waals surface area contributed by atoms with E-state index in [9.17, 15) is 5.11 Å². The largest absolute Gasteiger partial charge is 0.391 e. The molecule has 14 heavy (non-hydrogen) atoms. The summed E-state index contributed by atoms with van der Waals surface area (Å²) in [5.41, 5.74) is 1.15. The van der Waals surface area contributed by atoms with Gasteiger partial charge in [-0.15, -0.1) is 0 Å².